The van der Waals surface area contributed by atoms with Crippen LogP contribution in [0.1, 0.15) is 22.6 Å². The van der Waals surface area contributed by atoms with Crippen molar-refractivity contribution in [3.8, 4) is 22.9 Å². The van der Waals surface area contributed by atoms with Gasteiger partial charge in [0.25, 0.3) is 0 Å². The molecule has 0 radical (unpaired) electrons. The molecule has 1 aromatic heterocycles. The number of fused-ring (bicyclic) bond motifs is 3. The Hall–Kier alpha value is -4.37. The third-order valence-electron chi connectivity index (χ3n) is 5.74. The van der Waals surface area contributed by atoms with Crippen LogP contribution in [0, 0.1) is 24.1 Å². The maximum Gasteiger partial charge on any atom is 0.344 e. The predicted molar refractivity (Wildman–Crippen MR) is 118 cm³/mol. The van der Waals surface area contributed by atoms with E-state index >= 15 is 4.39 Å². The Morgan fingerprint density at radius 1 is 1.06 bits per heavy atom. The Labute approximate surface area is 182 Å². The van der Waals surface area contributed by atoms with Crippen LogP contribution in [0.2, 0.25) is 0 Å². The molecule has 32 heavy (non-hydrogen) atoms. The van der Waals surface area contributed by atoms with E-state index in [-0.39, 0.29) is 28.3 Å². The number of benzene rings is 3. The van der Waals surface area contributed by atoms with Gasteiger partial charge in [0.15, 0.2) is 5.75 Å². The van der Waals surface area contributed by atoms with Crippen molar-refractivity contribution < 1.29 is 13.5 Å². The molecule has 0 saturated carbocycles. The van der Waals surface area contributed by atoms with Crippen molar-refractivity contribution in [2.24, 2.45) is 5.73 Å². The first kappa shape index (κ1) is 19.6. The number of nitriles is 1. The van der Waals surface area contributed by atoms with Gasteiger partial charge in [-0.1, -0.05) is 48.5 Å². The Morgan fingerprint density at radius 2 is 1.81 bits per heavy atom. The van der Waals surface area contributed by atoms with Gasteiger partial charge in [0, 0.05) is 5.56 Å². The first-order valence-corrected chi connectivity index (χ1v) is 9.98. The quantitative estimate of drug-likeness (QED) is 0.451. The van der Waals surface area contributed by atoms with Crippen LogP contribution in [0.4, 0.5) is 4.39 Å². The lowest BCUT2D eigenvalue weighted by Crippen LogP contribution is -2.26. The molecule has 2 N–H and O–H groups in total. The molecule has 0 spiro atoms. The number of allylic oxidation sites excluding steroid dienone is 1. The first-order chi connectivity index (χ1) is 15.5. The van der Waals surface area contributed by atoms with Crippen molar-refractivity contribution in [3.63, 3.8) is 0 Å². The second kappa shape index (κ2) is 7.40. The van der Waals surface area contributed by atoms with Gasteiger partial charge in [-0.3, -0.25) is 0 Å². The Kier molecular flexibility index (Phi) is 4.53. The van der Waals surface area contributed by atoms with E-state index in [1.165, 1.54) is 6.07 Å². The minimum absolute atomic E-state index is 0.0392. The van der Waals surface area contributed by atoms with Crippen molar-refractivity contribution in [1.82, 2.24) is 0 Å². The van der Waals surface area contributed by atoms with Crippen LogP contribution in [0.5, 0.6) is 5.75 Å². The summed E-state index contributed by atoms with van der Waals surface area (Å²) in [5, 5.41) is 10.3. The Bertz CT molecular complexity index is 1530. The zero-order chi connectivity index (χ0) is 22.4. The molecule has 0 saturated heterocycles. The first-order valence-electron chi connectivity index (χ1n) is 9.98. The lowest BCUT2D eigenvalue weighted by atomic mass is 9.83. The molecule has 156 valence electrons. The summed E-state index contributed by atoms with van der Waals surface area (Å²) in [6, 6.07) is 21.2. The highest BCUT2D eigenvalue weighted by Crippen LogP contribution is 2.44. The summed E-state index contributed by atoms with van der Waals surface area (Å²) < 4.78 is 26.6. The van der Waals surface area contributed by atoms with Crippen LogP contribution in [-0.2, 0) is 0 Å². The van der Waals surface area contributed by atoms with Gasteiger partial charge in [0.1, 0.15) is 23.0 Å². The summed E-state index contributed by atoms with van der Waals surface area (Å²) in [4.78, 5) is 12.9. The summed E-state index contributed by atoms with van der Waals surface area (Å²) in [6.07, 6.45) is 0. The molecule has 2 heterocycles. The average molecular weight is 424 g/mol. The number of para-hydroxylation sites is 1. The van der Waals surface area contributed by atoms with Gasteiger partial charge in [-0.2, -0.15) is 5.26 Å². The summed E-state index contributed by atoms with van der Waals surface area (Å²) in [6.45, 7) is 1.95. The van der Waals surface area contributed by atoms with E-state index in [1.54, 1.807) is 36.4 Å². The minimum atomic E-state index is -1.05. The van der Waals surface area contributed by atoms with Gasteiger partial charge in [0.2, 0.25) is 5.88 Å². The average Bonchev–Trinajstić information content (AvgIpc) is 2.79. The Morgan fingerprint density at radius 3 is 2.56 bits per heavy atom. The number of aryl methyl sites for hydroxylation is 1. The van der Waals surface area contributed by atoms with Crippen molar-refractivity contribution in [1.29, 1.82) is 5.26 Å². The smallest absolute Gasteiger partial charge is 0.344 e. The molecule has 0 bridgehead atoms. The number of hydrogen-bond donors (Lipinski definition) is 1. The van der Waals surface area contributed by atoms with Crippen LogP contribution < -0.4 is 16.1 Å². The van der Waals surface area contributed by atoms with Gasteiger partial charge in [0.05, 0.1) is 16.9 Å². The molecule has 5 nitrogen and oxygen atoms in total. The molecular formula is C26H17FN2O3. The fourth-order valence-electron chi connectivity index (χ4n) is 4.20. The van der Waals surface area contributed by atoms with Crippen LogP contribution in [0.15, 0.2) is 87.4 Å². The zero-order valence-corrected chi connectivity index (χ0v) is 17.1. The van der Waals surface area contributed by atoms with Gasteiger partial charge >= 0.3 is 5.63 Å². The maximum atomic E-state index is 15.5. The van der Waals surface area contributed by atoms with E-state index < -0.39 is 17.4 Å². The second-order valence-electron chi connectivity index (χ2n) is 7.60. The van der Waals surface area contributed by atoms with E-state index in [0.29, 0.717) is 16.5 Å². The highest BCUT2D eigenvalue weighted by atomic mass is 19.1. The van der Waals surface area contributed by atoms with Crippen LogP contribution >= 0.6 is 0 Å². The molecule has 4 aromatic rings. The normalized spacial score (nSPS) is 15.2. The van der Waals surface area contributed by atoms with Crippen LogP contribution in [0.25, 0.3) is 22.1 Å². The largest absolute Gasteiger partial charge is 0.439 e. The topological polar surface area (TPSA) is 89.3 Å². The zero-order valence-electron chi connectivity index (χ0n) is 17.1. The van der Waals surface area contributed by atoms with E-state index in [4.69, 9.17) is 14.9 Å². The number of nitrogens with zero attached hydrogens (tertiary/aromatic N) is 1. The molecule has 0 fully saturated rings. The summed E-state index contributed by atoms with van der Waals surface area (Å²) in [5.41, 5.74) is 8.41. The third kappa shape index (κ3) is 2.95. The number of rotatable bonds is 2. The number of hydrogen-bond acceptors (Lipinski definition) is 5. The molecule has 3 aromatic carbocycles. The lowest BCUT2D eigenvalue weighted by molar-refractivity contribution is 0.387. The summed E-state index contributed by atoms with van der Waals surface area (Å²) >= 11 is 0. The predicted octanol–water partition coefficient (Wildman–Crippen LogP) is 5.13. The van der Waals surface area contributed by atoms with Gasteiger partial charge in [-0.05, 0) is 41.8 Å². The van der Waals surface area contributed by atoms with Crippen molar-refractivity contribution in [3.05, 3.63) is 111 Å². The van der Waals surface area contributed by atoms with E-state index in [2.05, 4.69) is 0 Å². The van der Waals surface area contributed by atoms with E-state index in [0.717, 1.165) is 11.1 Å². The molecule has 5 rings (SSSR count). The van der Waals surface area contributed by atoms with E-state index in [9.17, 15) is 10.1 Å². The lowest BCUT2D eigenvalue weighted by Gasteiger charge is -2.26. The fourth-order valence-corrected chi connectivity index (χ4v) is 4.20. The third-order valence-corrected chi connectivity index (χ3v) is 5.74. The number of ether oxygens (including phenoxy) is 1. The van der Waals surface area contributed by atoms with Gasteiger partial charge < -0.3 is 14.9 Å². The highest BCUT2D eigenvalue weighted by Gasteiger charge is 2.36. The molecule has 1 aliphatic heterocycles. The fraction of sp³-hybridized carbons (Fsp3) is 0.0769. The SMILES string of the molecule is Cc1ccccc1-c1ccc(C2C(C#N)=C(N)Oc3c2c(=O)oc2ccccc32)c(F)c1. The number of nitrogens with two attached hydrogens (primary N) is 1. The Balaban J connectivity index is 1.75. The molecule has 1 atom stereocenters. The summed E-state index contributed by atoms with van der Waals surface area (Å²) in [7, 11) is 0. The van der Waals surface area contributed by atoms with Crippen LogP contribution in [0.3, 0.4) is 0 Å². The molecule has 0 aliphatic carbocycles. The molecule has 6 heteroatoms. The van der Waals surface area contributed by atoms with E-state index in [1.807, 2.05) is 37.3 Å². The van der Waals surface area contributed by atoms with Gasteiger partial charge in [-0.15, -0.1) is 0 Å². The van der Waals surface area contributed by atoms with Crippen LogP contribution in [-0.4, -0.2) is 0 Å². The molecule has 0 amide bonds. The van der Waals surface area contributed by atoms with Gasteiger partial charge in [-0.25, -0.2) is 9.18 Å². The standard InChI is InChI=1S/C26H17FN2O3/c1-14-6-2-3-7-16(14)15-10-11-17(20(27)12-15)22-19(13-28)25(29)32-24-18-8-4-5-9-21(18)31-26(30)23(22)24/h2-12,22H,29H2,1H3. The van der Waals surface area contributed by atoms with Crippen molar-refractivity contribution in [2.75, 3.05) is 0 Å². The molecule has 1 aliphatic rings. The highest BCUT2D eigenvalue weighted by molar-refractivity contribution is 5.86. The maximum absolute atomic E-state index is 15.5. The number of halogens is 1. The second-order valence-corrected chi connectivity index (χ2v) is 7.60. The molecule has 1 unspecified atom stereocenters. The monoisotopic (exact) mass is 424 g/mol. The molecular weight excluding hydrogens is 407 g/mol. The summed E-state index contributed by atoms with van der Waals surface area (Å²) in [5.74, 6) is -1.59. The van der Waals surface area contributed by atoms with Crippen molar-refractivity contribution >= 4 is 11.0 Å². The van der Waals surface area contributed by atoms with Crippen molar-refractivity contribution in [2.45, 2.75) is 12.8 Å². The minimum Gasteiger partial charge on any atom is -0.439 e.